The maximum atomic E-state index is 4.88. The summed E-state index contributed by atoms with van der Waals surface area (Å²) in [5, 5.41) is 2.31. The predicted molar refractivity (Wildman–Crippen MR) is 175 cm³/mol. The summed E-state index contributed by atoms with van der Waals surface area (Å²) in [7, 11) is 0. The van der Waals surface area contributed by atoms with Crippen molar-refractivity contribution in [2.45, 2.75) is 0 Å². The topological polar surface area (TPSA) is 64.5 Å². The van der Waals surface area contributed by atoms with Crippen LogP contribution in [0.2, 0.25) is 0 Å². The SMILES string of the molecule is c1ccc(-c2nc(-c3ccccc3)nc(-c3ccc(-c4ccc(-c5ncc6c(n5)sc5ccccc56)cc4)cc3)n2)cc1. The Morgan fingerprint density at radius 3 is 1.35 bits per heavy atom. The van der Waals surface area contributed by atoms with Crippen LogP contribution < -0.4 is 0 Å². The molecule has 0 fully saturated rings. The maximum absolute atomic E-state index is 4.88. The fourth-order valence-electron chi connectivity index (χ4n) is 5.21. The zero-order valence-electron chi connectivity index (χ0n) is 22.9. The Hall–Kier alpha value is -5.59. The summed E-state index contributed by atoms with van der Waals surface area (Å²) in [4.78, 5) is 25.1. The minimum absolute atomic E-state index is 0.642. The summed E-state index contributed by atoms with van der Waals surface area (Å²) >= 11 is 1.70. The minimum atomic E-state index is 0.642. The number of benzene rings is 5. The van der Waals surface area contributed by atoms with E-state index in [9.17, 15) is 0 Å². The number of hydrogen-bond acceptors (Lipinski definition) is 6. The van der Waals surface area contributed by atoms with E-state index in [1.54, 1.807) is 11.3 Å². The molecule has 0 N–H and O–H groups in total. The van der Waals surface area contributed by atoms with Crippen molar-refractivity contribution in [1.29, 1.82) is 0 Å². The van der Waals surface area contributed by atoms with Crippen molar-refractivity contribution in [2.75, 3.05) is 0 Å². The van der Waals surface area contributed by atoms with E-state index in [1.807, 2.05) is 66.9 Å². The monoisotopic (exact) mass is 569 g/mol. The molecule has 6 heteroatoms. The van der Waals surface area contributed by atoms with Crippen LogP contribution in [-0.2, 0) is 0 Å². The lowest BCUT2D eigenvalue weighted by Gasteiger charge is -2.09. The van der Waals surface area contributed by atoms with Crippen molar-refractivity contribution in [3.05, 3.63) is 140 Å². The van der Waals surface area contributed by atoms with Crippen molar-refractivity contribution in [3.8, 4) is 56.7 Å². The van der Waals surface area contributed by atoms with Gasteiger partial charge >= 0.3 is 0 Å². The van der Waals surface area contributed by atoms with Gasteiger partial charge in [0.15, 0.2) is 23.3 Å². The molecule has 3 heterocycles. The van der Waals surface area contributed by atoms with Gasteiger partial charge in [-0.05, 0) is 17.2 Å². The lowest BCUT2D eigenvalue weighted by Crippen LogP contribution is -2.00. The standard InChI is InChI=1S/C37H23N5S/c1-3-9-26(10-4-1)34-39-35(27-11-5-2-6-12-27)41-36(40-34)29-21-17-25(18-22-29)24-15-19-28(20-16-24)33-38-23-31-30-13-7-8-14-32(30)43-37(31)42-33/h1-23H. The molecule has 0 amide bonds. The number of thiophene rings is 1. The predicted octanol–water partition coefficient (Wildman–Crippen LogP) is 9.36. The Balaban J connectivity index is 1.10. The number of nitrogens with zero attached hydrogens (tertiary/aromatic N) is 5. The minimum Gasteiger partial charge on any atom is -0.236 e. The van der Waals surface area contributed by atoms with Crippen LogP contribution in [-0.4, -0.2) is 24.9 Å². The zero-order valence-corrected chi connectivity index (χ0v) is 23.7. The lowest BCUT2D eigenvalue weighted by molar-refractivity contribution is 1.07. The molecule has 0 aliphatic carbocycles. The van der Waals surface area contributed by atoms with Crippen LogP contribution in [0.3, 0.4) is 0 Å². The summed E-state index contributed by atoms with van der Waals surface area (Å²) in [6.07, 6.45) is 1.94. The number of hydrogen-bond donors (Lipinski definition) is 0. The fourth-order valence-corrected chi connectivity index (χ4v) is 6.26. The Morgan fingerprint density at radius 2 is 0.791 bits per heavy atom. The Labute approximate surface area is 252 Å². The third-order valence-corrected chi connectivity index (χ3v) is 8.54. The number of aromatic nitrogens is 5. The summed E-state index contributed by atoms with van der Waals surface area (Å²) < 4.78 is 1.23. The molecule has 43 heavy (non-hydrogen) atoms. The van der Waals surface area contributed by atoms with Crippen molar-refractivity contribution in [1.82, 2.24) is 24.9 Å². The first-order chi connectivity index (χ1) is 21.3. The maximum Gasteiger partial charge on any atom is 0.164 e. The van der Waals surface area contributed by atoms with Gasteiger partial charge in [-0.3, -0.25) is 0 Å². The van der Waals surface area contributed by atoms with E-state index in [1.165, 1.54) is 10.1 Å². The average Bonchev–Trinajstić information content (AvgIpc) is 3.47. The average molecular weight is 570 g/mol. The Bertz CT molecular complexity index is 2150. The highest BCUT2D eigenvalue weighted by Gasteiger charge is 2.13. The molecular formula is C37H23N5S. The first-order valence-corrected chi connectivity index (χ1v) is 14.8. The molecule has 0 unspecified atom stereocenters. The Kier molecular flexibility index (Phi) is 6.24. The molecule has 0 saturated carbocycles. The number of fused-ring (bicyclic) bond motifs is 3. The van der Waals surface area contributed by atoms with Gasteiger partial charge in [-0.1, -0.05) is 127 Å². The quantitative estimate of drug-likeness (QED) is 0.207. The van der Waals surface area contributed by atoms with Gasteiger partial charge in [-0.25, -0.2) is 24.9 Å². The van der Waals surface area contributed by atoms with Gasteiger partial charge in [0.05, 0.1) is 0 Å². The van der Waals surface area contributed by atoms with Gasteiger partial charge in [0.1, 0.15) is 4.83 Å². The molecule has 0 aliphatic heterocycles. The van der Waals surface area contributed by atoms with Crippen LogP contribution in [0.15, 0.2) is 140 Å². The number of rotatable bonds is 5. The second-order valence-corrected chi connectivity index (χ2v) is 11.2. The summed E-state index contributed by atoms with van der Waals surface area (Å²) in [5.41, 5.74) is 6.06. The van der Waals surface area contributed by atoms with E-state index >= 15 is 0 Å². The molecular weight excluding hydrogens is 547 g/mol. The van der Waals surface area contributed by atoms with Gasteiger partial charge < -0.3 is 0 Å². The van der Waals surface area contributed by atoms with Crippen LogP contribution in [0.4, 0.5) is 0 Å². The van der Waals surface area contributed by atoms with Crippen LogP contribution in [0.25, 0.3) is 77.0 Å². The van der Waals surface area contributed by atoms with Gasteiger partial charge in [-0.2, -0.15) is 0 Å². The zero-order chi connectivity index (χ0) is 28.6. The first-order valence-electron chi connectivity index (χ1n) is 14.0. The molecule has 0 bridgehead atoms. The highest BCUT2D eigenvalue weighted by molar-refractivity contribution is 7.25. The van der Waals surface area contributed by atoms with Crippen LogP contribution in [0.5, 0.6) is 0 Å². The van der Waals surface area contributed by atoms with Crippen LogP contribution >= 0.6 is 11.3 Å². The van der Waals surface area contributed by atoms with Gasteiger partial charge in [0.25, 0.3) is 0 Å². The summed E-state index contributed by atoms with van der Waals surface area (Å²) in [6, 6.07) is 45.2. The van der Waals surface area contributed by atoms with Gasteiger partial charge in [0, 0.05) is 43.9 Å². The van der Waals surface area contributed by atoms with Crippen LogP contribution in [0, 0.1) is 0 Å². The molecule has 0 radical (unpaired) electrons. The highest BCUT2D eigenvalue weighted by Crippen LogP contribution is 2.33. The molecule has 0 aliphatic rings. The lowest BCUT2D eigenvalue weighted by atomic mass is 10.0. The molecule has 0 spiro atoms. The molecule has 202 valence electrons. The molecule has 0 saturated heterocycles. The fraction of sp³-hybridized carbons (Fsp3) is 0. The van der Waals surface area contributed by atoms with Crippen molar-refractivity contribution >= 4 is 31.6 Å². The third kappa shape index (κ3) is 4.84. The summed E-state index contributed by atoms with van der Waals surface area (Å²) in [5.74, 6) is 2.68. The van der Waals surface area contributed by atoms with E-state index in [4.69, 9.17) is 19.9 Å². The largest absolute Gasteiger partial charge is 0.236 e. The second kappa shape index (κ2) is 10.7. The first kappa shape index (κ1) is 25.1. The molecule has 0 atom stereocenters. The molecule has 3 aromatic heterocycles. The molecule has 8 rings (SSSR count). The van der Waals surface area contributed by atoms with E-state index in [0.29, 0.717) is 17.5 Å². The van der Waals surface area contributed by atoms with Crippen molar-refractivity contribution in [2.24, 2.45) is 0 Å². The van der Waals surface area contributed by atoms with E-state index in [-0.39, 0.29) is 0 Å². The normalized spacial score (nSPS) is 11.3. The highest BCUT2D eigenvalue weighted by atomic mass is 32.1. The Morgan fingerprint density at radius 1 is 0.349 bits per heavy atom. The van der Waals surface area contributed by atoms with Crippen molar-refractivity contribution < 1.29 is 0 Å². The summed E-state index contributed by atoms with van der Waals surface area (Å²) in [6.45, 7) is 0. The van der Waals surface area contributed by atoms with E-state index in [0.717, 1.165) is 49.4 Å². The van der Waals surface area contributed by atoms with Crippen molar-refractivity contribution in [3.63, 3.8) is 0 Å². The van der Waals surface area contributed by atoms with E-state index in [2.05, 4.69) is 77.8 Å². The van der Waals surface area contributed by atoms with E-state index < -0.39 is 0 Å². The molecule has 5 nitrogen and oxygen atoms in total. The smallest absolute Gasteiger partial charge is 0.164 e. The molecule has 5 aromatic carbocycles. The molecule has 8 aromatic rings. The second-order valence-electron chi connectivity index (χ2n) is 10.2. The van der Waals surface area contributed by atoms with Crippen LogP contribution in [0.1, 0.15) is 0 Å². The van der Waals surface area contributed by atoms with Gasteiger partial charge in [-0.15, -0.1) is 11.3 Å². The van der Waals surface area contributed by atoms with Gasteiger partial charge in [0.2, 0.25) is 0 Å². The third-order valence-electron chi connectivity index (χ3n) is 7.46.